The van der Waals surface area contributed by atoms with Crippen LogP contribution in [0.15, 0.2) is 18.2 Å². The van der Waals surface area contributed by atoms with Gasteiger partial charge in [-0.05, 0) is 52.2 Å². The van der Waals surface area contributed by atoms with E-state index in [1.165, 1.54) is 67.0 Å². The van der Waals surface area contributed by atoms with Gasteiger partial charge in [0, 0.05) is 9.58 Å². The highest BCUT2D eigenvalue weighted by molar-refractivity contribution is 7.19. The summed E-state index contributed by atoms with van der Waals surface area (Å²) in [7, 11) is 0. The van der Waals surface area contributed by atoms with Crippen molar-refractivity contribution < 1.29 is 0 Å². The minimum Gasteiger partial charge on any atom is -0.139 e. The molecule has 1 heterocycles. The fourth-order valence-electron chi connectivity index (χ4n) is 4.51. The lowest BCUT2D eigenvalue weighted by Crippen LogP contribution is -2.12. The molecule has 144 valence electrons. The topological polar surface area (TPSA) is 0 Å². The van der Waals surface area contributed by atoms with E-state index in [0.717, 1.165) is 5.92 Å². The zero-order valence-corrected chi connectivity index (χ0v) is 18.7. The third-order valence-corrected chi connectivity index (χ3v) is 7.72. The summed E-state index contributed by atoms with van der Waals surface area (Å²) in [5, 5.41) is 1.52. The SMILES string of the molecule is CC(C)(C)c1ccc2c(CCCC3CCCCC3)c(C(C)(C)C)sc2c1. The van der Waals surface area contributed by atoms with Gasteiger partial charge in [-0.25, -0.2) is 0 Å². The molecule has 0 amide bonds. The zero-order valence-electron chi connectivity index (χ0n) is 17.9. The molecule has 0 atom stereocenters. The molecule has 1 aromatic heterocycles. The monoisotopic (exact) mass is 370 g/mol. The second kappa shape index (κ2) is 7.66. The second-order valence-electron chi connectivity index (χ2n) is 10.5. The highest BCUT2D eigenvalue weighted by Gasteiger charge is 2.24. The Bertz CT molecular complexity index is 730. The summed E-state index contributed by atoms with van der Waals surface area (Å²) in [6.07, 6.45) is 11.4. The van der Waals surface area contributed by atoms with Crippen LogP contribution in [0.1, 0.15) is 102 Å². The third kappa shape index (κ3) is 4.53. The van der Waals surface area contributed by atoms with Crippen molar-refractivity contribution in [2.45, 2.75) is 104 Å². The quantitative estimate of drug-likeness (QED) is 0.507. The summed E-state index contributed by atoms with van der Waals surface area (Å²) < 4.78 is 1.50. The molecule has 0 nitrogen and oxygen atoms in total. The van der Waals surface area contributed by atoms with Crippen LogP contribution in [0.25, 0.3) is 10.1 Å². The van der Waals surface area contributed by atoms with Crippen molar-refractivity contribution in [2.24, 2.45) is 5.92 Å². The Morgan fingerprint density at radius 3 is 2.23 bits per heavy atom. The van der Waals surface area contributed by atoms with Gasteiger partial charge in [0.2, 0.25) is 0 Å². The number of hydrogen-bond acceptors (Lipinski definition) is 1. The van der Waals surface area contributed by atoms with Crippen molar-refractivity contribution in [2.75, 3.05) is 0 Å². The molecule has 1 aromatic carbocycles. The molecule has 0 spiro atoms. The van der Waals surface area contributed by atoms with Crippen LogP contribution in [0.2, 0.25) is 0 Å². The molecule has 2 aromatic rings. The molecule has 1 aliphatic carbocycles. The average Bonchev–Trinajstić information content (AvgIpc) is 2.93. The van der Waals surface area contributed by atoms with Crippen molar-refractivity contribution >= 4 is 21.4 Å². The first-order valence-electron chi connectivity index (χ1n) is 10.7. The van der Waals surface area contributed by atoms with Crippen LogP contribution < -0.4 is 0 Å². The predicted molar refractivity (Wildman–Crippen MR) is 119 cm³/mol. The Hall–Kier alpha value is -0.820. The van der Waals surface area contributed by atoms with Gasteiger partial charge in [0.1, 0.15) is 0 Å². The van der Waals surface area contributed by atoms with E-state index in [9.17, 15) is 0 Å². The molecular weight excluding hydrogens is 332 g/mol. The smallest absolute Gasteiger partial charge is 0.0351 e. The lowest BCUT2D eigenvalue weighted by atomic mass is 9.83. The number of benzene rings is 1. The lowest BCUT2D eigenvalue weighted by Gasteiger charge is -2.22. The molecule has 3 rings (SSSR count). The number of aryl methyl sites for hydroxylation is 1. The second-order valence-corrected chi connectivity index (χ2v) is 11.6. The molecule has 0 aliphatic heterocycles. The van der Waals surface area contributed by atoms with Gasteiger partial charge in [-0.15, -0.1) is 11.3 Å². The van der Waals surface area contributed by atoms with Crippen LogP contribution in [0, 0.1) is 5.92 Å². The summed E-state index contributed by atoms with van der Waals surface area (Å²) in [5.74, 6) is 0.999. The fourth-order valence-corrected chi connectivity index (χ4v) is 5.86. The first-order chi connectivity index (χ1) is 12.2. The number of hydrogen-bond donors (Lipinski definition) is 0. The molecule has 0 N–H and O–H groups in total. The van der Waals surface area contributed by atoms with E-state index in [4.69, 9.17) is 0 Å². The number of thiophene rings is 1. The highest BCUT2D eigenvalue weighted by Crippen LogP contribution is 2.41. The maximum absolute atomic E-state index is 2.46. The van der Waals surface area contributed by atoms with Crippen molar-refractivity contribution in [3.05, 3.63) is 34.2 Å². The van der Waals surface area contributed by atoms with Crippen LogP contribution in [0.4, 0.5) is 0 Å². The maximum atomic E-state index is 2.46. The Balaban J connectivity index is 1.86. The Morgan fingerprint density at radius 2 is 1.62 bits per heavy atom. The minimum absolute atomic E-state index is 0.223. The number of fused-ring (bicyclic) bond motifs is 1. The van der Waals surface area contributed by atoms with Gasteiger partial charge in [-0.1, -0.05) is 92.2 Å². The molecule has 1 aliphatic rings. The molecule has 0 bridgehead atoms. The highest BCUT2D eigenvalue weighted by atomic mass is 32.1. The van der Waals surface area contributed by atoms with E-state index in [2.05, 4.69) is 59.7 Å². The summed E-state index contributed by atoms with van der Waals surface area (Å²) in [5.41, 5.74) is 3.57. The molecule has 1 fully saturated rings. The van der Waals surface area contributed by atoms with Crippen molar-refractivity contribution in [1.82, 2.24) is 0 Å². The van der Waals surface area contributed by atoms with Gasteiger partial charge in [0.05, 0.1) is 0 Å². The Kier molecular flexibility index (Phi) is 5.87. The van der Waals surface area contributed by atoms with Gasteiger partial charge in [0.15, 0.2) is 0 Å². The summed E-state index contributed by atoms with van der Waals surface area (Å²) >= 11 is 2.05. The van der Waals surface area contributed by atoms with Crippen LogP contribution in [0.5, 0.6) is 0 Å². The molecule has 1 heteroatoms. The third-order valence-electron chi connectivity index (χ3n) is 6.10. The normalized spacial score (nSPS) is 17.2. The average molecular weight is 371 g/mol. The summed E-state index contributed by atoms with van der Waals surface area (Å²) in [4.78, 5) is 1.61. The standard InChI is InChI=1S/C25H38S/c1-24(2,3)19-15-16-20-21(14-10-13-18-11-8-7-9-12-18)23(25(4,5)6)26-22(20)17-19/h15-18H,7-14H2,1-6H3. The summed E-state index contributed by atoms with van der Waals surface area (Å²) in [6.45, 7) is 14.1. The molecule has 1 saturated carbocycles. The van der Waals surface area contributed by atoms with E-state index < -0.39 is 0 Å². The van der Waals surface area contributed by atoms with Gasteiger partial charge in [-0.3, -0.25) is 0 Å². The molecule has 0 unspecified atom stereocenters. The van der Waals surface area contributed by atoms with E-state index in [0.29, 0.717) is 0 Å². The van der Waals surface area contributed by atoms with E-state index >= 15 is 0 Å². The van der Waals surface area contributed by atoms with Gasteiger partial charge in [0.25, 0.3) is 0 Å². The van der Waals surface area contributed by atoms with Gasteiger partial charge in [-0.2, -0.15) is 0 Å². The van der Waals surface area contributed by atoms with Crippen LogP contribution in [0.3, 0.4) is 0 Å². The van der Waals surface area contributed by atoms with E-state index in [-0.39, 0.29) is 10.8 Å². The minimum atomic E-state index is 0.223. The van der Waals surface area contributed by atoms with Crippen LogP contribution in [-0.2, 0) is 17.3 Å². The predicted octanol–water partition coefficient (Wildman–Crippen LogP) is 8.40. The Labute approximate surface area is 165 Å². The number of rotatable bonds is 4. The lowest BCUT2D eigenvalue weighted by molar-refractivity contribution is 0.332. The van der Waals surface area contributed by atoms with E-state index in [1.54, 1.807) is 10.4 Å². The first kappa shape index (κ1) is 19.9. The zero-order chi connectivity index (χ0) is 18.9. The summed E-state index contributed by atoms with van der Waals surface area (Å²) in [6, 6.07) is 7.24. The molecule has 26 heavy (non-hydrogen) atoms. The largest absolute Gasteiger partial charge is 0.139 e. The van der Waals surface area contributed by atoms with Crippen molar-refractivity contribution in [3.8, 4) is 0 Å². The van der Waals surface area contributed by atoms with Crippen LogP contribution in [-0.4, -0.2) is 0 Å². The molecule has 0 saturated heterocycles. The van der Waals surface area contributed by atoms with Gasteiger partial charge < -0.3 is 0 Å². The Morgan fingerprint density at radius 1 is 0.923 bits per heavy atom. The van der Waals surface area contributed by atoms with Crippen LogP contribution >= 0.6 is 11.3 Å². The maximum Gasteiger partial charge on any atom is 0.0351 e. The van der Waals surface area contributed by atoms with Crippen molar-refractivity contribution in [1.29, 1.82) is 0 Å². The van der Waals surface area contributed by atoms with Crippen molar-refractivity contribution in [3.63, 3.8) is 0 Å². The van der Waals surface area contributed by atoms with Gasteiger partial charge >= 0.3 is 0 Å². The molecular formula is C25H38S. The first-order valence-corrected chi connectivity index (χ1v) is 11.5. The van der Waals surface area contributed by atoms with E-state index in [1.807, 2.05) is 11.3 Å². The molecule has 0 radical (unpaired) electrons. The fraction of sp³-hybridized carbons (Fsp3) is 0.680.